The molecule has 0 aliphatic rings. The van der Waals surface area contributed by atoms with Crippen molar-refractivity contribution in [3.63, 3.8) is 0 Å². The Balaban J connectivity index is 2.65. The summed E-state index contributed by atoms with van der Waals surface area (Å²) in [6.07, 6.45) is 4.42. The number of rotatable bonds is 3. The van der Waals surface area contributed by atoms with Crippen LogP contribution < -0.4 is 5.32 Å². The van der Waals surface area contributed by atoms with Gasteiger partial charge in [0.25, 0.3) is 0 Å². The van der Waals surface area contributed by atoms with E-state index in [2.05, 4.69) is 20.3 Å². The summed E-state index contributed by atoms with van der Waals surface area (Å²) in [5, 5.41) is 13.6. The van der Waals surface area contributed by atoms with Crippen LogP contribution in [0.2, 0.25) is 0 Å². The molecule has 2 rings (SSSR count). The molecule has 8 nitrogen and oxygen atoms in total. The Kier molecular flexibility index (Phi) is 2.69. The van der Waals surface area contributed by atoms with E-state index in [9.17, 15) is 10.1 Å². The Labute approximate surface area is 96.5 Å². The van der Waals surface area contributed by atoms with Crippen molar-refractivity contribution in [3.05, 3.63) is 28.7 Å². The van der Waals surface area contributed by atoms with Crippen LogP contribution in [0.5, 0.6) is 0 Å². The van der Waals surface area contributed by atoms with Gasteiger partial charge in [-0.3, -0.25) is 10.1 Å². The lowest BCUT2D eigenvalue weighted by atomic mass is 10.3. The molecular formula is C9H10N6O2. The average molecular weight is 234 g/mol. The second kappa shape index (κ2) is 4.16. The molecule has 2 aromatic heterocycles. The summed E-state index contributed by atoms with van der Waals surface area (Å²) in [6, 6.07) is 0. The molecule has 0 spiro atoms. The number of nitrogens with zero attached hydrogens (tertiary/aromatic N) is 5. The molecule has 0 saturated carbocycles. The Morgan fingerprint density at radius 3 is 2.76 bits per heavy atom. The van der Waals surface area contributed by atoms with Crippen molar-refractivity contribution in [3.8, 4) is 11.5 Å². The van der Waals surface area contributed by atoms with Crippen molar-refractivity contribution in [2.24, 2.45) is 7.05 Å². The molecule has 0 aliphatic heterocycles. The van der Waals surface area contributed by atoms with Crippen molar-refractivity contribution >= 4 is 11.6 Å². The van der Waals surface area contributed by atoms with Crippen LogP contribution in [0.4, 0.5) is 11.6 Å². The molecule has 1 N–H and O–H groups in total. The van der Waals surface area contributed by atoms with Crippen LogP contribution >= 0.6 is 0 Å². The first-order valence-electron chi connectivity index (χ1n) is 4.80. The number of aryl methyl sites for hydroxylation is 1. The lowest BCUT2D eigenvalue weighted by Crippen LogP contribution is -2.04. The van der Waals surface area contributed by atoms with Crippen LogP contribution in [0.1, 0.15) is 0 Å². The zero-order chi connectivity index (χ0) is 12.4. The van der Waals surface area contributed by atoms with Crippen molar-refractivity contribution in [1.29, 1.82) is 0 Å². The molecule has 2 heterocycles. The average Bonchev–Trinajstić information content (AvgIpc) is 2.74. The van der Waals surface area contributed by atoms with E-state index in [1.807, 2.05) is 0 Å². The SMILES string of the molecule is CNc1ncc([N+](=O)[O-])c(-c2nccn2C)n1. The zero-order valence-electron chi connectivity index (χ0n) is 9.28. The third kappa shape index (κ3) is 1.92. The zero-order valence-corrected chi connectivity index (χ0v) is 9.28. The van der Waals surface area contributed by atoms with Crippen molar-refractivity contribution in [1.82, 2.24) is 19.5 Å². The van der Waals surface area contributed by atoms with Gasteiger partial charge in [0.1, 0.15) is 6.20 Å². The standard InChI is InChI=1S/C9H10N6O2/c1-10-9-12-5-6(15(16)17)7(13-9)8-11-3-4-14(8)2/h3-5H,1-2H3,(H,10,12,13). The molecular weight excluding hydrogens is 224 g/mol. The summed E-state index contributed by atoms with van der Waals surface area (Å²) >= 11 is 0. The van der Waals surface area contributed by atoms with E-state index >= 15 is 0 Å². The summed E-state index contributed by atoms with van der Waals surface area (Å²) < 4.78 is 1.66. The number of hydrogen-bond acceptors (Lipinski definition) is 6. The third-order valence-corrected chi connectivity index (χ3v) is 2.22. The first-order chi connectivity index (χ1) is 8.13. The van der Waals surface area contributed by atoms with E-state index in [1.165, 1.54) is 6.20 Å². The fraction of sp³-hybridized carbons (Fsp3) is 0.222. The van der Waals surface area contributed by atoms with Gasteiger partial charge in [0.2, 0.25) is 5.95 Å². The Morgan fingerprint density at radius 2 is 2.24 bits per heavy atom. The van der Waals surface area contributed by atoms with Gasteiger partial charge in [-0.1, -0.05) is 0 Å². The van der Waals surface area contributed by atoms with Gasteiger partial charge in [-0.25, -0.2) is 15.0 Å². The minimum Gasteiger partial charge on any atom is -0.357 e. The number of nitrogens with one attached hydrogen (secondary N) is 1. The summed E-state index contributed by atoms with van der Waals surface area (Å²) in [7, 11) is 3.39. The van der Waals surface area contributed by atoms with Crippen LogP contribution in [-0.4, -0.2) is 31.5 Å². The highest BCUT2D eigenvalue weighted by Gasteiger charge is 2.21. The molecule has 0 bridgehead atoms. The number of anilines is 1. The molecule has 0 aliphatic carbocycles. The predicted octanol–water partition coefficient (Wildman–Crippen LogP) is 0.827. The minimum atomic E-state index is -0.524. The molecule has 0 aromatic carbocycles. The molecule has 0 fully saturated rings. The van der Waals surface area contributed by atoms with Crippen molar-refractivity contribution in [2.75, 3.05) is 12.4 Å². The van der Waals surface area contributed by atoms with Gasteiger partial charge in [0.15, 0.2) is 11.5 Å². The molecule has 0 saturated heterocycles. The maximum Gasteiger partial charge on any atom is 0.317 e. The molecule has 88 valence electrons. The van der Waals surface area contributed by atoms with E-state index in [4.69, 9.17) is 0 Å². The maximum atomic E-state index is 10.9. The Morgan fingerprint density at radius 1 is 1.47 bits per heavy atom. The summed E-state index contributed by atoms with van der Waals surface area (Å²) in [4.78, 5) is 22.3. The molecule has 0 radical (unpaired) electrons. The van der Waals surface area contributed by atoms with Crippen molar-refractivity contribution in [2.45, 2.75) is 0 Å². The second-order valence-corrected chi connectivity index (χ2v) is 3.30. The lowest BCUT2D eigenvalue weighted by molar-refractivity contribution is -0.384. The molecule has 2 aromatic rings. The van der Waals surface area contributed by atoms with Crippen LogP contribution in [-0.2, 0) is 7.05 Å². The monoisotopic (exact) mass is 234 g/mol. The number of nitro groups is 1. The second-order valence-electron chi connectivity index (χ2n) is 3.30. The van der Waals surface area contributed by atoms with Gasteiger partial charge in [-0.2, -0.15) is 0 Å². The molecule has 0 unspecified atom stereocenters. The van der Waals surface area contributed by atoms with Gasteiger partial charge in [-0.15, -0.1) is 0 Å². The van der Waals surface area contributed by atoms with Crippen LogP contribution in [0.25, 0.3) is 11.5 Å². The van der Waals surface area contributed by atoms with E-state index in [-0.39, 0.29) is 11.4 Å². The van der Waals surface area contributed by atoms with E-state index in [0.717, 1.165) is 0 Å². The van der Waals surface area contributed by atoms with Crippen LogP contribution in [0.15, 0.2) is 18.6 Å². The summed E-state index contributed by atoms with van der Waals surface area (Å²) in [5.41, 5.74) is 0.0279. The molecule has 17 heavy (non-hydrogen) atoms. The van der Waals surface area contributed by atoms with E-state index in [0.29, 0.717) is 11.8 Å². The van der Waals surface area contributed by atoms with Crippen LogP contribution in [0, 0.1) is 10.1 Å². The van der Waals surface area contributed by atoms with Gasteiger partial charge in [0.05, 0.1) is 4.92 Å². The summed E-state index contributed by atoms with van der Waals surface area (Å²) in [6.45, 7) is 0. The van der Waals surface area contributed by atoms with Crippen LogP contribution in [0.3, 0.4) is 0 Å². The normalized spacial score (nSPS) is 10.2. The van der Waals surface area contributed by atoms with Gasteiger partial charge in [0, 0.05) is 26.5 Å². The number of aromatic nitrogens is 4. The molecule has 0 amide bonds. The van der Waals surface area contributed by atoms with Gasteiger partial charge in [-0.05, 0) is 0 Å². The van der Waals surface area contributed by atoms with E-state index in [1.54, 1.807) is 31.1 Å². The third-order valence-electron chi connectivity index (χ3n) is 2.22. The number of imidazole rings is 1. The molecule has 0 atom stereocenters. The molecule has 8 heteroatoms. The maximum absolute atomic E-state index is 10.9. The first-order valence-corrected chi connectivity index (χ1v) is 4.80. The quantitative estimate of drug-likeness (QED) is 0.623. The Hall–Kier alpha value is -2.51. The smallest absolute Gasteiger partial charge is 0.317 e. The van der Waals surface area contributed by atoms with Crippen molar-refractivity contribution < 1.29 is 4.92 Å². The highest BCUT2D eigenvalue weighted by Crippen LogP contribution is 2.26. The highest BCUT2D eigenvalue weighted by atomic mass is 16.6. The largest absolute Gasteiger partial charge is 0.357 e. The fourth-order valence-electron chi connectivity index (χ4n) is 1.39. The predicted molar refractivity (Wildman–Crippen MR) is 60.4 cm³/mol. The highest BCUT2D eigenvalue weighted by molar-refractivity contribution is 5.64. The van der Waals surface area contributed by atoms with Gasteiger partial charge < -0.3 is 9.88 Å². The summed E-state index contributed by atoms with van der Waals surface area (Å²) in [5.74, 6) is 0.740. The first kappa shape index (κ1) is 11.0. The Bertz CT molecular complexity index is 564. The van der Waals surface area contributed by atoms with E-state index < -0.39 is 4.92 Å². The van der Waals surface area contributed by atoms with Gasteiger partial charge >= 0.3 is 5.69 Å². The lowest BCUT2D eigenvalue weighted by Gasteiger charge is -2.04. The topological polar surface area (TPSA) is 98.8 Å². The minimum absolute atomic E-state index is 0.168. The fourth-order valence-corrected chi connectivity index (χ4v) is 1.39. The number of hydrogen-bond donors (Lipinski definition) is 1.